The Morgan fingerprint density at radius 3 is 1.39 bits per heavy atom. The lowest BCUT2D eigenvalue weighted by atomic mass is 10.0. The number of rotatable bonds is 17. The molecule has 25 nitrogen and oxygen atoms in total. The van der Waals surface area contributed by atoms with E-state index in [4.69, 9.17) is 23.2 Å². The third kappa shape index (κ3) is 15.2. The monoisotopic (exact) mass is 1520 g/mol. The standard InChI is InChI=1S/C61H54Cl2F11N19O6S3/c1-100(94,95)89-15-9-34(10-16-89)82-56-76-25-40(59(66,67)68)52(83-56)47-28-86(31-79-47)50-23-38(21-46(65)39(50)24-75)93(36-13-19-91(20-14-36)102(3,98)99)58-78-27-41(60(69,70)71)53(85-58)48-29-87(32-80-48)51-22-37(7-8-43(51)62)92(35-11-17-90(18-12-35)101(2,96)97)57-77-26-42(61(72,73)74)54(84-57)49-30-88(33-81-49)55-44(63)5-4-6-45(55)64/h4-8,21-23,25-36H,9-20H2,1-3H3,(H,76,82,83). The number of nitrogens with zero attached hydrogens (tertiary/aromatic N) is 18. The summed E-state index contributed by atoms with van der Waals surface area (Å²) in [6.45, 7) is -0.281. The Labute approximate surface area is 584 Å². The van der Waals surface area contributed by atoms with Crippen LogP contribution in [0.2, 0.25) is 10.0 Å². The van der Waals surface area contributed by atoms with Crippen LogP contribution < -0.4 is 15.1 Å². The van der Waals surface area contributed by atoms with Gasteiger partial charge in [0.05, 0.1) is 40.2 Å². The molecular weight excluding hydrogens is 1470 g/mol. The number of hydrogen-bond donors (Lipinski definition) is 1. The van der Waals surface area contributed by atoms with Gasteiger partial charge in [-0.3, -0.25) is 0 Å². The molecule has 0 unspecified atom stereocenters. The van der Waals surface area contributed by atoms with Crippen LogP contribution in [0.25, 0.3) is 51.2 Å². The maximum atomic E-state index is 16.8. The van der Waals surface area contributed by atoms with Gasteiger partial charge in [0.2, 0.25) is 47.9 Å². The van der Waals surface area contributed by atoms with Crippen molar-refractivity contribution in [2.45, 2.75) is 75.2 Å². The van der Waals surface area contributed by atoms with Gasteiger partial charge in [-0.05, 0) is 81.0 Å². The Bertz CT molecular complexity index is 5090. The predicted molar refractivity (Wildman–Crippen MR) is 350 cm³/mol. The summed E-state index contributed by atoms with van der Waals surface area (Å²) in [6.07, 6.45) is -4.29. The number of benzene rings is 3. The molecule has 538 valence electrons. The number of para-hydroxylation sites is 1. The molecule has 9 aromatic rings. The van der Waals surface area contributed by atoms with Crippen LogP contribution in [0.5, 0.6) is 0 Å². The molecule has 3 fully saturated rings. The van der Waals surface area contributed by atoms with Crippen LogP contribution in [-0.2, 0) is 48.6 Å². The number of nitriles is 1. The Balaban J connectivity index is 0.932. The van der Waals surface area contributed by atoms with Crippen LogP contribution >= 0.6 is 23.2 Å². The molecule has 3 aromatic carbocycles. The van der Waals surface area contributed by atoms with Crippen LogP contribution in [0.15, 0.2) is 105 Å². The molecule has 6 aromatic heterocycles. The highest BCUT2D eigenvalue weighted by Gasteiger charge is 2.42. The third-order valence-corrected chi connectivity index (χ3v) is 21.9. The highest BCUT2D eigenvalue weighted by Crippen LogP contribution is 2.44. The zero-order valence-electron chi connectivity index (χ0n) is 53.2. The molecule has 0 aliphatic carbocycles. The van der Waals surface area contributed by atoms with E-state index in [1.807, 2.05) is 0 Å². The highest BCUT2D eigenvalue weighted by molar-refractivity contribution is 7.88. The molecule has 0 spiro atoms. The van der Waals surface area contributed by atoms with Crippen LogP contribution in [-0.4, -0.2) is 173 Å². The molecule has 3 saturated heterocycles. The molecule has 0 atom stereocenters. The minimum absolute atomic E-state index is 0.0137. The molecule has 0 radical (unpaired) electrons. The van der Waals surface area contributed by atoms with Gasteiger partial charge in [-0.15, -0.1) is 0 Å². The average Bonchev–Trinajstić information content (AvgIpc) is 1.72. The molecule has 12 rings (SSSR count). The zero-order chi connectivity index (χ0) is 73.3. The van der Waals surface area contributed by atoms with E-state index in [2.05, 4.69) is 50.2 Å². The summed E-state index contributed by atoms with van der Waals surface area (Å²) in [5.74, 6) is -3.29. The van der Waals surface area contributed by atoms with Crippen molar-refractivity contribution in [2.24, 2.45) is 0 Å². The van der Waals surface area contributed by atoms with E-state index in [1.165, 1.54) is 59.4 Å². The van der Waals surface area contributed by atoms with Gasteiger partial charge in [0.25, 0.3) is 0 Å². The number of imidazole rings is 3. The van der Waals surface area contributed by atoms with Gasteiger partial charge >= 0.3 is 18.5 Å². The number of sulfonamides is 3. The van der Waals surface area contributed by atoms with E-state index in [9.17, 15) is 56.9 Å². The fourth-order valence-electron chi connectivity index (χ4n) is 12.3. The number of anilines is 5. The molecule has 9 heterocycles. The van der Waals surface area contributed by atoms with Crippen molar-refractivity contribution < 1.29 is 73.5 Å². The summed E-state index contributed by atoms with van der Waals surface area (Å²) in [5.41, 5.74) is -9.33. The van der Waals surface area contributed by atoms with E-state index in [-0.39, 0.29) is 128 Å². The first kappa shape index (κ1) is 72.7. The summed E-state index contributed by atoms with van der Waals surface area (Å²) in [6, 6.07) is 9.47. The first-order valence-electron chi connectivity index (χ1n) is 30.6. The second-order valence-corrected chi connectivity index (χ2v) is 30.8. The summed E-state index contributed by atoms with van der Waals surface area (Å²) in [4.78, 5) is 40.4. The lowest BCUT2D eigenvalue weighted by molar-refractivity contribution is -0.138. The second kappa shape index (κ2) is 27.6. The first-order valence-corrected chi connectivity index (χ1v) is 36.9. The van der Waals surface area contributed by atoms with Crippen LogP contribution in [0, 0.1) is 23.0 Å². The zero-order valence-corrected chi connectivity index (χ0v) is 57.1. The minimum atomic E-state index is -5.23. The van der Waals surface area contributed by atoms with Crippen molar-refractivity contribution >= 4 is 82.5 Å². The van der Waals surface area contributed by atoms with Gasteiger partial charge in [0, 0.05) is 106 Å². The van der Waals surface area contributed by atoms with Gasteiger partial charge < -0.3 is 28.8 Å². The molecule has 0 amide bonds. The molecule has 0 bridgehead atoms. The van der Waals surface area contributed by atoms with Gasteiger partial charge in [0.1, 0.15) is 98.8 Å². The molecule has 102 heavy (non-hydrogen) atoms. The van der Waals surface area contributed by atoms with E-state index < -0.39 is 141 Å². The summed E-state index contributed by atoms with van der Waals surface area (Å²) < 4.78 is 249. The van der Waals surface area contributed by atoms with E-state index >= 15 is 22.0 Å². The normalized spacial score (nSPS) is 16.3. The van der Waals surface area contributed by atoms with E-state index in [1.54, 1.807) is 6.07 Å². The number of hydrogen-bond acceptors (Lipinski definition) is 19. The van der Waals surface area contributed by atoms with Crippen LogP contribution in [0.1, 0.15) is 60.8 Å². The lowest BCUT2D eigenvalue weighted by Crippen LogP contribution is -2.45. The van der Waals surface area contributed by atoms with Crippen molar-refractivity contribution in [3.05, 3.63) is 149 Å². The average molecular weight is 1530 g/mol. The van der Waals surface area contributed by atoms with Gasteiger partial charge in [-0.2, -0.15) is 44.8 Å². The number of piperidine rings is 3. The van der Waals surface area contributed by atoms with Crippen LogP contribution in [0.3, 0.4) is 0 Å². The fourth-order valence-corrected chi connectivity index (χ4v) is 15.4. The SMILES string of the molecule is CS(=O)(=O)N1CCC(Nc2ncc(C(F)(F)F)c(-c3cn(-c4cc(N(c5ncc(C(F)(F)F)c(-c6cn(-c7cc(N(c8ncc(C(F)(F)F)c(-c9cn(-c%10c(F)cccc%10Cl)cn9)n8)C8CCN(S(C)(=O)=O)CC8)ccc7Cl)cn6)n5)C5CCN(S(C)(=O)=O)CC5)cc(F)c4C#N)cn3)n2)CC1. The number of nitrogens with one attached hydrogen (secondary N) is 1. The highest BCUT2D eigenvalue weighted by atomic mass is 35.5. The van der Waals surface area contributed by atoms with Crippen molar-refractivity contribution in [1.29, 1.82) is 5.26 Å². The third-order valence-electron chi connectivity index (χ3n) is 17.3. The number of alkyl halides is 9. The Morgan fingerprint density at radius 1 is 0.510 bits per heavy atom. The minimum Gasteiger partial charge on any atom is -0.351 e. The van der Waals surface area contributed by atoms with Gasteiger partial charge in [-0.25, -0.2) is 91.8 Å². The van der Waals surface area contributed by atoms with Gasteiger partial charge in [-0.1, -0.05) is 29.3 Å². The molecule has 1 N–H and O–H groups in total. The molecule has 0 saturated carbocycles. The molecule has 3 aliphatic rings. The summed E-state index contributed by atoms with van der Waals surface area (Å²) in [5, 5.41) is 13.2. The molecule has 3 aliphatic heterocycles. The Kier molecular flexibility index (Phi) is 19.7. The van der Waals surface area contributed by atoms with E-state index in [0.717, 1.165) is 81.9 Å². The van der Waals surface area contributed by atoms with Gasteiger partial charge in [0.15, 0.2) is 0 Å². The number of halogens is 13. The largest absolute Gasteiger partial charge is 0.420 e. The van der Waals surface area contributed by atoms with Crippen molar-refractivity contribution in [3.8, 4) is 57.3 Å². The maximum absolute atomic E-state index is 16.8. The Hall–Kier alpha value is -9.04. The molecular formula is C61H54Cl2F11N19O6S3. The van der Waals surface area contributed by atoms with Crippen molar-refractivity contribution in [1.82, 2.24) is 71.5 Å². The first-order chi connectivity index (χ1) is 47.9. The second-order valence-electron chi connectivity index (χ2n) is 24.1. The lowest BCUT2D eigenvalue weighted by Gasteiger charge is -2.38. The van der Waals surface area contributed by atoms with Crippen molar-refractivity contribution in [3.63, 3.8) is 0 Å². The maximum Gasteiger partial charge on any atom is 0.420 e. The topological polar surface area (TPSA) is 285 Å². The smallest absolute Gasteiger partial charge is 0.351 e. The van der Waals surface area contributed by atoms with Crippen molar-refractivity contribution in [2.75, 3.05) is 73.2 Å². The fraction of sp³-hybridized carbons (Fsp3) is 0.344. The predicted octanol–water partition coefficient (Wildman–Crippen LogP) is 11.1. The summed E-state index contributed by atoms with van der Waals surface area (Å²) >= 11 is 13.2. The Morgan fingerprint density at radius 2 is 0.931 bits per heavy atom. The number of aromatic nitrogens is 12. The summed E-state index contributed by atoms with van der Waals surface area (Å²) in [7, 11) is -11.1. The van der Waals surface area contributed by atoms with E-state index in [0.29, 0.717) is 18.6 Å². The molecule has 41 heteroatoms. The quantitative estimate of drug-likeness (QED) is 0.0829. The van der Waals surface area contributed by atoms with Crippen LogP contribution in [0.4, 0.5) is 77.5 Å².